The first-order valence-electron chi connectivity index (χ1n) is 6.44. The second-order valence-electron chi connectivity index (χ2n) is 4.53. The van der Waals surface area contributed by atoms with Crippen molar-refractivity contribution in [3.05, 3.63) is 18.5 Å². The zero-order chi connectivity index (χ0) is 12.8. The van der Waals surface area contributed by atoms with Crippen molar-refractivity contribution < 1.29 is 9.90 Å². The van der Waals surface area contributed by atoms with Crippen molar-refractivity contribution in [2.24, 2.45) is 0 Å². The normalized spacial score (nSPS) is 19.8. The van der Waals surface area contributed by atoms with E-state index in [9.17, 15) is 9.90 Å². The molecule has 0 bridgehead atoms. The standard InChI is InChI=1S/C12H20N4O2/c17-10-11-4-1-2-8-16(11)12(18)13-6-9-15-7-3-5-14-15/h3,5,7,11,17H,1-2,4,6,8-10H2,(H,13,18)/t11-/m0/s1. The van der Waals surface area contributed by atoms with Gasteiger partial charge in [0.15, 0.2) is 0 Å². The van der Waals surface area contributed by atoms with E-state index in [1.165, 1.54) is 0 Å². The number of hydrogen-bond acceptors (Lipinski definition) is 3. The third kappa shape index (κ3) is 3.22. The summed E-state index contributed by atoms with van der Waals surface area (Å²) >= 11 is 0. The van der Waals surface area contributed by atoms with Crippen LogP contribution in [0, 0.1) is 0 Å². The van der Waals surface area contributed by atoms with E-state index in [1.807, 2.05) is 12.3 Å². The number of amides is 2. The van der Waals surface area contributed by atoms with Crippen LogP contribution in [0.15, 0.2) is 18.5 Å². The molecule has 0 aromatic carbocycles. The van der Waals surface area contributed by atoms with Crippen molar-refractivity contribution in [3.8, 4) is 0 Å². The Labute approximate surface area is 107 Å². The highest BCUT2D eigenvalue weighted by atomic mass is 16.3. The molecule has 6 nitrogen and oxygen atoms in total. The molecule has 0 saturated carbocycles. The zero-order valence-electron chi connectivity index (χ0n) is 10.5. The number of urea groups is 1. The van der Waals surface area contributed by atoms with Crippen molar-refractivity contribution in [3.63, 3.8) is 0 Å². The van der Waals surface area contributed by atoms with E-state index in [0.29, 0.717) is 13.1 Å². The molecular formula is C12H20N4O2. The van der Waals surface area contributed by atoms with Gasteiger partial charge in [-0.2, -0.15) is 5.10 Å². The molecule has 6 heteroatoms. The molecule has 2 heterocycles. The Hall–Kier alpha value is -1.56. The Morgan fingerprint density at radius 1 is 1.50 bits per heavy atom. The number of carbonyl (C=O) groups is 1. The molecule has 1 aliphatic heterocycles. The fraction of sp³-hybridized carbons (Fsp3) is 0.667. The summed E-state index contributed by atoms with van der Waals surface area (Å²) in [4.78, 5) is 13.7. The van der Waals surface area contributed by atoms with E-state index < -0.39 is 0 Å². The first-order chi connectivity index (χ1) is 8.81. The van der Waals surface area contributed by atoms with E-state index in [2.05, 4.69) is 10.4 Å². The summed E-state index contributed by atoms with van der Waals surface area (Å²) in [6, 6.07) is 1.75. The molecular weight excluding hydrogens is 232 g/mol. The Balaban J connectivity index is 1.76. The number of hydrogen-bond donors (Lipinski definition) is 2. The number of aliphatic hydroxyl groups excluding tert-OH is 1. The van der Waals surface area contributed by atoms with E-state index in [0.717, 1.165) is 25.8 Å². The molecule has 0 aliphatic carbocycles. The van der Waals surface area contributed by atoms with Crippen molar-refractivity contribution >= 4 is 6.03 Å². The topological polar surface area (TPSA) is 70.4 Å². The van der Waals surface area contributed by atoms with Crippen LogP contribution in [0.25, 0.3) is 0 Å². The fourth-order valence-corrected chi connectivity index (χ4v) is 2.27. The minimum absolute atomic E-state index is 0.0246. The molecule has 1 aliphatic rings. The molecule has 0 spiro atoms. The second-order valence-corrected chi connectivity index (χ2v) is 4.53. The maximum Gasteiger partial charge on any atom is 0.317 e. The number of piperidine rings is 1. The predicted octanol–water partition coefficient (Wildman–Crippen LogP) is 0.439. The molecule has 2 N–H and O–H groups in total. The van der Waals surface area contributed by atoms with Crippen molar-refractivity contribution in [1.82, 2.24) is 20.0 Å². The highest BCUT2D eigenvalue weighted by Crippen LogP contribution is 2.16. The predicted molar refractivity (Wildman–Crippen MR) is 67.1 cm³/mol. The Morgan fingerprint density at radius 3 is 3.11 bits per heavy atom. The van der Waals surface area contributed by atoms with E-state index >= 15 is 0 Å². The van der Waals surface area contributed by atoms with Crippen LogP contribution >= 0.6 is 0 Å². The van der Waals surface area contributed by atoms with Gasteiger partial charge in [0.2, 0.25) is 0 Å². The van der Waals surface area contributed by atoms with Gasteiger partial charge in [0.05, 0.1) is 19.2 Å². The van der Waals surface area contributed by atoms with Crippen LogP contribution < -0.4 is 5.32 Å². The van der Waals surface area contributed by atoms with Crippen molar-refractivity contribution in [2.75, 3.05) is 19.7 Å². The number of aliphatic hydroxyl groups is 1. The number of aromatic nitrogens is 2. The Bertz CT molecular complexity index is 366. The van der Waals surface area contributed by atoms with Gasteiger partial charge in [-0.05, 0) is 25.3 Å². The average molecular weight is 252 g/mol. The minimum Gasteiger partial charge on any atom is -0.394 e. The maximum atomic E-state index is 12.0. The van der Waals surface area contributed by atoms with E-state index in [-0.39, 0.29) is 18.7 Å². The molecule has 1 atom stereocenters. The van der Waals surface area contributed by atoms with Crippen LogP contribution in [0.1, 0.15) is 19.3 Å². The average Bonchev–Trinajstić information content (AvgIpc) is 2.91. The highest BCUT2D eigenvalue weighted by molar-refractivity contribution is 5.74. The SMILES string of the molecule is O=C(NCCn1cccn1)N1CCCC[C@H]1CO. The first kappa shape index (κ1) is 12.9. The van der Waals surface area contributed by atoms with Gasteiger partial charge < -0.3 is 15.3 Å². The van der Waals surface area contributed by atoms with Crippen LogP contribution in [0.4, 0.5) is 4.79 Å². The quantitative estimate of drug-likeness (QED) is 0.817. The Morgan fingerprint density at radius 2 is 2.39 bits per heavy atom. The number of likely N-dealkylation sites (tertiary alicyclic amines) is 1. The first-order valence-corrected chi connectivity index (χ1v) is 6.44. The number of nitrogens with zero attached hydrogens (tertiary/aromatic N) is 3. The van der Waals surface area contributed by atoms with Crippen LogP contribution in [0.5, 0.6) is 0 Å². The third-order valence-corrected chi connectivity index (χ3v) is 3.28. The molecule has 1 fully saturated rings. The molecule has 18 heavy (non-hydrogen) atoms. The summed E-state index contributed by atoms with van der Waals surface area (Å²) in [6.45, 7) is 2.00. The monoisotopic (exact) mass is 252 g/mol. The molecule has 100 valence electrons. The van der Waals surface area contributed by atoms with Gasteiger partial charge in [-0.1, -0.05) is 0 Å². The van der Waals surface area contributed by atoms with E-state index in [4.69, 9.17) is 0 Å². The highest BCUT2D eigenvalue weighted by Gasteiger charge is 2.25. The maximum absolute atomic E-state index is 12.0. The molecule has 1 saturated heterocycles. The molecule has 2 rings (SSSR count). The number of rotatable bonds is 4. The lowest BCUT2D eigenvalue weighted by atomic mass is 10.0. The van der Waals surface area contributed by atoms with Crippen LogP contribution in [0.3, 0.4) is 0 Å². The van der Waals surface area contributed by atoms with Crippen molar-refractivity contribution in [2.45, 2.75) is 31.8 Å². The minimum atomic E-state index is -0.0825. The van der Waals surface area contributed by atoms with Crippen molar-refractivity contribution in [1.29, 1.82) is 0 Å². The molecule has 2 amide bonds. The Kier molecular flexibility index (Phi) is 4.58. The molecule has 1 aromatic rings. The third-order valence-electron chi connectivity index (χ3n) is 3.28. The van der Waals surface area contributed by atoms with Gasteiger partial charge in [0.1, 0.15) is 0 Å². The lowest BCUT2D eigenvalue weighted by molar-refractivity contribution is 0.108. The zero-order valence-corrected chi connectivity index (χ0v) is 10.5. The summed E-state index contributed by atoms with van der Waals surface area (Å²) in [7, 11) is 0. The molecule has 0 radical (unpaired) electrons. The number of nitrogens with one attached hydrogen (secondary N) is 1. The molecule has 1 aromatic heterocycles. The summed E-state index contributed by atoms with van der Waals surface area (Å²) in [5, 5.41) is 16.2. The lowest BCUT2D eigenvalue weighted by Gasteiger charge is -2.34. The number of carbonyl (C=O) groups excluding carboxylic acids is 1. The smallest absolute Gasteiger partial charge is 0.317 e. The van der Waals surface area contributed by atoms with Gasteiger partial charge in [0.25, 0.3) is 0 Å². The molecule has 0 unspecified atom stereocenters. The second kappa shape index (κ2) is 6.39. The van der Waals surface area contributed by atoms with Crippen LogP contribution in [-0.2, 0) is 6.54 Å². The summed E-state index contributed by atoms with van der Waals surface area (Å²) < 4.78 is 1.78. The van der Waals surface area contributed by atoms with Gasteiger partial charge in [-0.15, -0.1) is 0 Å². The summed E-state index contributed by atoms with van der Waals surface area (Å²) in [6.07, 6.45) is 6.58. The van der Waals surface area contributed by atoms with Gasteiger partial charge >= 0.3 is 6.03 Å². The van der Waals surface area contributed by atoms with Gasteiger partial charge in [-0.3, -0.25) is 4.68 Å². The summed E-state index contributed by atoms with van der Waals surface area (Å²) in [5.41, 5.74) is 0. The largest absolute Gasteiger partial charge is 0.394 e. The fourth-order valence-electron chi connectivity index (χ4n) is 2.27. The van der Waals surface area contributed by atoms with Crippen LogP contribution in [0.2, 0.25) is 0 Å². The van der Waals surface area contributed by atoms with Gasteiger partial charge in [-0.25, -0.2) is 4.79 Å². The van der Waals surface area contributed by atoms with E-state index in [1.54, 1.807) is 15.8 Å². The lowest BCUT2D eigenvalue weighted by Crippen LogP contribution is -2.50. The van der Waals surface area contributed by atoms with Gasteiger partial charge in [0, 0.05) is 25.5 Å². The van der Waals surface area contributed by atoms with Crippen LogP contribution in [-0.4, -0.2) is 51.6 Å². The summed E-state index contributed by atoms with van der Waals surface area (Å²) in [5.74, 6) is 0.